The molecule has 0 aromatic rings. The summed E-state index contributed by atoms with van der Waals surface area (Å²) in [5.41, 5.74) is 3.74. The molecule has 5 aliphatic rings. The summed E-state index contributed by atoms with van der Waals surface area (Å²) < 4.78 is 0. The first-order chi connectivity index (χ1) is 13.9. The largest absolute Gasteiger partial charge is 0.0884 e. The minimum Gasteiger partial charge on any atom is -0.0884 e. The van der Waals surface area contributed by atoms with Crippen LogP contribution in [0.15, 0.2) is 11.6 Å². The Morgan fingerprint density at radius 1 is 0.862 bits per heavy atom. The fourth-order valence-corrected chi connectivity index (χ4v) is 10.5. The van der Waals surface area contributed by atoms with Gasteiger partial charge in [0, 0.05) is 0 Å². The van der Waals surface area contributed by atoms with E-state index in [1.165, 1.54) is 32.1 Å². The van der Waals surface area contributed by atoms with Gasteiger partial charge in [-0.05, 0) is 143 Å². The monoisotopic (exact) mass is 396 g/mol. The van der Waals surface area contributed by atoms with E-state index in [1.807, 2.05) is 0 Å². The predicted octanol–water partition coefficient (Wildman–Crippen LogP) is 8.81. The SMILES string of the molecule is C/C=C(/C)[C@H]1CC[C@H]2[C@@H]3CC[C@@H]4C[C@@](C)(CCC)CC[C@]4(C4CC4)[C@H]3CC[C@]12C. The van der Waals surface area contributed by atoms with Crippen molar-refractivity contribution in [3.05, 3.63) is 11.6 Å². The third-order valence-electron chi connectivity index (χ3n) is 11.8. The van der Waals surface area contributed by atoms with E-state index in [4.69, 9.17) is 0 Å². The van der Waals surface area contributed by atoms with Crippen LogP contribution >= 0.6 is 0 Å². The molecule has 8 atom stereocenters. The lowest BCUT2D eigenvalue weighted by molar-refractivity contribution is -0.148. The van der Waals surface area contributed by atoms with Crippen LogP contribution in [-0.2, 0) is 0 Å². The molecular formula is C29H48. The predicted molar refractivity (Wildman–Crippen MR) is 125 cm³/mol. The van der Waals surface area contributed by atoms with Crippen LogP contribution in [0, 0.1) is 51.8 Å². The lowest BCUT2D eigenvalue weighted by atomic mass is 9.41. The molecule has 5 fully saturated rings. The fourth-order valence-electron chi connectivity index (χ4n) is 10.5. The highest BCUT2D eigenvalue weighted by molar-refractivity contribution is 5.18. The van der Waals surface area contributed by atoms with E-state index < -0.39 is 0 Å². The van der Waals surface area contributed by atoms with Crippen molar-refractivity contribution in [2.75, 3.05) is 0 Å². The number of hydrogen-bond acceptors (Lipinski definition) is 0. The molecule has 0 saturated heterocycles. The summed E-state index contributed by atoms with van der Waals surface area (Å²) in [6, 6.07) is 0. The second kappa shape index (κ2) is 7.13. The average molecular weight is 397 g/mol. The van der Waals surface area contributed by atoms with Crippen LogP contribution in [0.4, 0.5) is 0 Å². The summed E-state index contributed by atoms with van der Waals surface area (Å²) in [7, 11) is 0. The molecule has 5 rings (SSSR count). The molecule has 0 amide bonds. The van der Waals surface area contributed by atoms with Crippen molar-refractivity contribution in [2.24, 2.45) is 51.8 Å². The third kappa shape index (κ3) is 2.96. The zero-order valence-electron chi connectivity index (χ0n) is 20.2. The lowest BCUT2D eigenvalue weighted by Crippen LogP contribution is -2.56. The quantitative estimate of drug-likeness (QED) is 0.416. The Balaban J connectivity index is 1.44. The summed E-state index contributed by atoms with van der Waals surface area (Å²) >= 11 is 0. The first-order valence-corrected chi connectivity index (χ1v) is 13.5. The molecule has 0 radical (unpaired) electrons. The van der Waals surface area contributed by atoms with Crippen molar-refractivity contribution in [3.8, 4) is 0 Å². The highest BCUT2D eigenvalue weighted by atomic mass is 14.7. The molecule has 0 spiro atoms. The highest BCUT2D eigenvalue weighted by Gasteiger charge is 2.65. The Hall–Kier alpha value is -0.260. The maximum atomic E-state index is 2.72. The van der Waals surface area contributed by atoms with Gasteiger partial charge in [0.05, 0.1) is 0 Å². The normalized spacial score (nSPS) is 52.6. The van der Waals surface area contributed by atoms with Crippen LogP contribution in [0.3, 0.4) is 0 Å². The van der Waals surface area contributed by atoms with Gasteiger partial charge in [0.15, 0.2) is 0 Å². The molecule has 0 N–H and O–H groups in total. The van der Waals surface area contributed by atoms with E-state index in [0.717, 1.165) is 40.9 Å². The molecule has 0 aromatic carbocycles. The Morgan fingerprint density at radius 3 is 2.31 bits per heavy atom. The van der Waals surface area contributed by atoms with Crippen LogP contribution in [0.25, 0.3) is 0 Å². The molecule has 164 valence electrons. The van der Waals surface area contributed by atoms with Crippen LogP contribution in [0.2, 0.25) is 0 Å². The fraction of sp³-hybridized carbons (Fsp3) is 0.931. The van der Waals surface area contributed by atoms with Crippen LogP contribution in [0.1, 0.15) is 118 Å². The van der Waals surface area contributed by atoms with E-state index in [-0.39, 0.29) is 0 Å². The first kappa shape index (κ1) is 20.6. The van der Waals surface area contributed by atoms with E-state index in [1.54, 1.807) is 56.9 Å². The van der Waals surface area contributed by atoms with Gasteiger partial charge in [0.2, 0.25) is 0 Å². The van der Waals surface area contributed by atoms with Gasteiger partial charge in [0.1, 0.15) is 0 Å². The number of fused-ring (bicyclic) bond motifs is 5. The van der Waals surface area contributed by atoms with Gasteiger partial charge in [0.25, 0.3) is 0 Å². The summed E-state index contributed by atoms with van der Waals surface area (Å²) in [5.74, 6) is 6.25. The standard InChI is InChI=1S/C29H48/c1-6-15-27(4)17-18-29(21-8-9-21)22(19-27)10-11-23-25-13-12-24(20(3)7-2)28(25,5)16-14-26(23)29/h7,21-26H,6,8-19H2,1-5H3/b20-7-/t22-,23+,24-,25+,26+,27+,28-,29-/m1/s1. The van der Waals surface area contributed by atoms with E-state index in [2.05, 4.69) is 40.7 Å². The lowest BCUT2D eigenvalue weighted by Gasteiger charge is -2.64. The summed E-state index contributed by atoms with van der Waals surface area (Å²) in [4.78, 5) is 0. The maximum absolute atomic E-state index is 2.72. The maximum Gasteiger partial charge on any atom is -0.0149 e. The smallest absolute Gasteiger partial charge is 0.0149 e. The molecule has 0 aromatic heterocycles. The van der Waals surface area contributed by atoms with Crippen molar-refractivity contribution in [2.45, 2.75) is 118 Å². The van der Waals surface area contributed by atoms with Crippen LogP contribution < -0.4 is 0 Å². The zero-order valence-corrected chi connectivity index (χ0v) is 20.2. The summed E-state index contributed by atoms with van der Waals surface area (Å²) in [5, 5.41) is 0. The van der Waals surface area contributed by atoms with Gasteiger partial charge >= 0.3 is 0 Å². The second-order valence-electron chi connectivity index (χ2n) is 13.0. The molecule has 0 heterocycles. The zero-order chi connectivity index (χ0) is 20.4. The van der Waals surface area contributed by atoms with Crippen molar-refractivity contribution in [1.29, 1.82) is 0 Å². The van der Waals surface area contributed by atoms with Crippen molar-refractivity contribution < 1.29 is 0 Å². The molecule has 0 bridgehead atoms. The van der Waals surface area contributed by atoms with Gasteiger partial charge in [-0.3, -0.25) is 0 Å². The van der Waals surface area contributed by atoms with Crippen molar-refractivity contribution >= 4 is 0 Å². The van der Waals surface area contributed by atoms with Crippen molar-refractivity contribution in [3.63, 3.8) is 0 Å². The van der Waals surface area contributed by atoms with Gasteiger partial charge in [-0.15, -0.1) is 0 Å². The van der Waals surface area contributed by atoms with Gasteiger partial charge in [-0.2, -0.15) is 0 Å². The summed E-state index contributed by atoms with van der Waals surface area (Å²) in [6.07, 6.45) is 22.4. The van der Waals surface area contributed by atoms with E-state index in [0.29, 0.717) is 10.8 Å². The molecule has 29 heavy (non-hydrogen) atoms. The van der Waals surface area contributed by atoms with Gasteiger partial charge in [-0.25, -0.2) is 0 Å². The third-order valence-corrected chi connectivity index (χ3v) is 11.8. The van der Waals surface area contributed by atoms with E-state index in [9.17, 15) is 0 Å². The van der Waals surface area contributed by atoms with Crippen molar-refractivity contribution in [1.82, 2.24) is 0 Å². The van der Waals surface area contributed by atoms with Crippen LogP contribution in [0.5, 0.6) is 0 Å². The first-order valence-electron chi connectivity index (χ1n) is 13.5. The Labute approximate surface area is 181 Å². The topological polar surface area (TPSA) is 0 Å². The minimum absolute atomic E-state index is 0.612. The molecular weight excluding hydrogens is 348 g/mol. The molecule has 5 saturated carbocycles. The second-order valence-corrected chi connectivity index (χ2v) is 13.0. The number of hydrogen-bond donors (Lipinski definition) is 0. The molecule has 0 aliphatic heterocycles. The van der Waals surface area contributed by atoms with Gasteiger partial charge in [-0.1, -0.05) is 38.8 Å². The summed E-state index contributed by atoms with van der Waals surface area (Å²) in [6.45, 7) is 12.5. The molecule has 0 heteroatoms. The Bertz CT molecular complexity index is 655. The highest BCUT2D eigenvalue weighted by Crippen LogP contribution is 2.73. The van der Waals surface area contributed by atoms with Gasteiger partial charge < -0.3 is 0 Å². The van der Waals surface area contributed by atoms with Crippen LogP contribution in [-0.4, -0.2) is 0 Å². The Kier molecular flexibility index (Phi) is 5.07. The number of allylic oxidation sites excluding steroid dienone is 2. The number of rotatable bonds is 4. The Morgan fingerprint density at radius 2 is 1.62 bits per heavy atom. The molecule has 0 unspecified atom stereocenters. The van der Waals surface area contributed by atoms with E-state index >= 15 is 0 Å². The minimum atomic E-state index is 0.612. The average Bonchev–Trinajstić information content (AvgIpc) is 3.49. The molecule has 5 aliphatic carbocycles. The molecule has 0 nitrogen and oxygen atoms in total.